The van der Waals surface area contributed by atoms with Gasteiger partial charge in [-0.15, -0.1) is 22.7 Å². The van der Waals surface area contributed by atoms with Crippen molar-refractivity contribution in [2.24, 2.45) is 0 Å². The molecule has 11 heterocycles. The molecule has 0 amide bonds. The average molecular weight is 1190 g/mol. The molecule has 0 spiro atoms. The largest absolute Gasteiger partial charge is 0.473 e. The first-order valence-corrected chi connectivity index (χ1v) is 24.0. The number of nitrogens with zero attached hydrogens (tertiary/aromatic N) is 10. The highest BCUT2D eigenvalue weighted by Gasteiger charge is 1.90. The summed E-state index contributed by atoms with van der Waals surface area (Å²) in [7, 11) is 0. The minimum atomic E-state index is 0. The van der Waals surface area contributed by atoms with E-state index in [1.54, 1.807) is 126 Å². The maximum absolute atomic E-state index is 4.58. The molecule has 14 nitrogen and oxygen atoms in total. The van der Waals surface area contributed by atoms with Crippen LogP contribution in [-0.2, 0) is 0 Å². The minimum Gasteiger partial charge on any atom is -0.473 e. The lowest BCUT2D eigenvalue weighted by Gasteiger charge is -1.91. The summed E-state index contributed by atoms with van der Waals surface area (Å²) in [6.45, 7) is 0. The third-order valence-electron chi connectivity index (χ3n) is 7.64. The molecule has 0 atom stereocenters. The van der Waals surface area contributed by atoms with Crippen LogP contribution in [-0.4, -0.2) is 59.8 Å². The molecule has 0 saturated heterocycles. The van der Waals surface area contributed by atoms with Gasteiger partial charge in [0.1, 0.15) is 12.6 Å². The van der Waals surface area contributed by atoms with Gasteiger partial charge in [0.2, 0.25) is 0 Å². The topological polar surface area (TPSA) is 187 Å². The Kier molecular flexibility index (Phi) is 77.4. The smallest absolute Gasteiger partial charge is 0.180 e. The monoisotopic (exact) mass is 1190 g/mol. The molecular formula is C66H98N12O2S3. The zero-order valence-electron chi connectivity index (χ0n) is 38.2. The predicted molar refractivity (Wildman–Crippen MR) is 369 cm³/mol. The molecule has 0 radical (unpaired) electrons. The summed E-state index contributed by atoms with van der Waals surface area (Å²) < 4.78 is 10.3. The number of pyridine rings is 2. The van der Waals surface area contributed by atoms with Crippen LogP contribution in [0.3, 0.4) is 0 Å². The minimum absolute atomic E-state index is 0. The summed E-state index contributed by atoms with van der Waals surface area (Å²) >= 11 is 4.99. The van der Waals surface area contributed by atoms with Crippen molar-refractivity contribution in [3.05, 3.63) is 291 Å². The lowest BCUT2D eigenvalue weighted by Crippen LogP contribution is -1.73. The molecule has 14 rings (SSSR count). The van der Waals surface area contributed by atoms with Gasteiger partial charge in [-0.25, -0.2) is 24.9 Å². The number of H-pyrrole nitrogens is 2. The van der Waals surface area contributed by atoms with Crippen LogP contribution in [0.2, 0.25) is 0 Å². The maximum Gasteiger partial charge on any atom is 0.180 e. The maximum atomic E-state index is 4.58. The van der Waals surface area contributed by atoms with Crippen LogP contribution in [0, 0.1) is 0 Å². The highest BCUT2D eigenvalue weighted by Crippen LogP contribution is 2.15. The van der Waals surface area contributed by atoms with Crippen molar-refractivity contribution in [3.8, 4) is 0 Å². The summed E-state index contributed by atoms with van der Waals surface area (Å²) in [5.41, 5.74) is 7.94. The Morgan fingerprint density at radius 2 is 0.904 bits per heavy atom. The van der Waals surface area contributed by atoms with Crippen molar-refractivity contribution in [1.82, 2.24) is 59.8 Å². The van der Waals surface area contributed by atoms with E-state index in [0.29, 0.717) is 0 Å². The molecule has 0 aliphatic carbocycles. The number of thiophene rings is 1. The molecule has 2 N–H and O–H groups in total. The molecule has 452 valence electrons. The van der Waals surface area contributed by atoms with Gasteiger partial charge in [0, 0.05) is 85.1 Å². The van der Waals surface area contributed by atoms with Crippen LogP contribution in [0.25, 0.3) is 32.2 Å². The van der Waals surface area contributed by atoms with Gasteiger partial charge in [0.25, 0.3) is 0 Å². The molecule has 83 heavy (non-hydrogen) atoms. The first kappa shape index (κ1) is 93.2. The Morgan fingerprint density at radius 3 is 1.28 bits per heavy atom. The number of oxazole rings is 1. The second-order valence-corrected chi connectivity index (χ2v) is 15.0. The standard InChI is InChI=1S/C9H7N.C7H6N2.C7H5NS.C5H5N.2C4H4N2.C4H5N.C4H4O.C4H4S.C3H3NO.C3H3NS.12CH4/c1-2-6-9-8(4-1)5-3-7-10-9;2*1-2-4-7-6(3-1)8-5-9-7;1-2-4-6-5-3-1;1-2-6-4-3-5-1;1-2-5-4-6-3-1;3*1-2-4-5-3-1;2*1-2-5-3-4-1;;;;;;;;;;;;/h1-7H;1-5H,(H,8,9);1-5H;1-5H;2*1-4H;1-5H;2*1-4H;2*1-3H;12*1H4. The fourth-order valence-electron chi connectivity index (χ4n) is 4.60. The second kappa shape index (κ2) is 68.9. The number of hydrogen-bond donors (Lipinski definition) is 2. The highest BCUT2D eigenvalue weighted by molar-refractivity contribution is 7.16. The Morgan fingerprint density at radius 1 is 0.337 bits per heavy atom. The van der Waals surface area contributed by atoms with E-state index in [0.717, 1.165) is 22.1 Å². The Labute approximate surface area is 512 Å². The second-order valence-electron chi connectivity index (χ2n) is 12.6. The quantitative estimate of drug-likeness (QED) is 0.147. The van der Waals surface area contributed by atoms with Crippen molar-refractivity contribution in [1.29, 1.82) is 0 Å². The first-order valence-electron chi connectivity index (χ1n) is 21.3. The van der Waals surface area contributed by atoms with Crippen LogP contribution < -0.4 is 0 Å². The van der Waals surface area contributed by atoms with Gasteiger partial charge in [-0.3, -0.25) is 24.9 Å². The number of hydrogen-bond acceptors (Lipinski definition) is 15. The first-order chi connectivity index (χ1) is 35.4. The third kappa shape index (κ3) is 49.6. The number of aromatic nitrogens is 12. The van der Waals surface area contributed by atoms with Crippen molar-refractivity contribution in [3.63, 3.8) is 0 Å². The zero-order chi connectivity index (χ0) is 49.4. The van der Waals surface area contributed by atoms with E-state index in [-0.39, 0.29) is 89.1 Å². The highest BCUT2D eigenvalue weighted by atomic mass is 32.1. The summed E-state index contributed by atoms with van der Waals surface area (Å²) in [4.78, 5) is 44.1. The molecular weight excluding hydrogens is 1090 g/mol. The molecule has 0 aliphatic rings. The van der Waals surface area contributed by atoms with Gasteiger partial charge in [0.05, 0.1) is 62.8 Å². The fourth-order valence-corrected chi connectivity index (χ4v) is 6.08. The van der Waals surface area contributed by atoms with E-state index in [1.807, 2.05) is 162 Å². The van der Waals surface area contributed by atoms with Crippen LogP contribution in [0.5, 0.6) is 0 Å². The number of fused-ring (bicyclic) bond motifs is 3. The van der Waals surface area contributed by atoms with E-state index in [1.165, 1.54) is 29.1 Å². The van der Waals surface area contributed by atoms with Gasteiger partial charge in [0.15, 0.2) is 6.39 Å². The number of aromatic amines is 2. The Balaban J connectivity index is -0.000000103. The van der Waals surface area contributed by atoms with Gasteiger partial charge >= 0.3 is 0 Å². The third-order valence-corrected chi connectivity index (χ3v) is 9.60. The lowest BCUT2D eigenvalue weighted by atomic mass is 10.2. The summed E-state index contributed by atoms with van der Waals surface area (Å²) in [5.74, 6) is 0. The molecule has 3 aromatic carbocycles. The average Bonchev–Trinajstić information content (AvgIpc) is 4.32. The molecule has 0 fully saturated rings. The number of imidazole rings is 1. The van der Waals surface area contributed by atoms with Gasteiger partial charge in [-0.2, -0.15) is 11.3 Å². The van der Waals surface area contributed by atoms with Crippen LogP contribution in [0.4, 0.5) is 0 Å². The number of benzene rings is 3. The molecule has 0 saturated carbocycles. The van der Waals surface area contributed by atoms with Crippen LogP contribution in [0.1, 0.15) is 89.1 Å². The van der Waals surface area contributed by atoms with E-state index >= 15 is 0 Å². The molecule has 0 bridgehead atoms. The Hall–Kier alpha value is -9.16. The van der Waals surface area contributed by atoms with Crippen molar-refractivity contribution < 1.29 is 8.83 Å². The molecule has 0 unspecified atom stereocenters. The molecule has 14 aromatic rings. The lowest BCUT2D eigenvalue weighted by molar-refractivity contribution is 0.558. The normalized spacial score (nSPS) is 7.57. The number of para-hydroxylation sites is 4. The van der Waals surface area contributed by atoms with Gasteiger partial charge in [-0.1, -0.05) is 156 Å². The summed E-state index contributed by atoms with van der Waals surface area (Å²) in [6, 6.07) is 47.2. The van der Waals surface area contributed by atoms with E-state index in [4.69, 9.17) is 0 Å². The fraction of sp³-hybridized carbons (Fsp3) is 0.182. The summed E-state index contributed by atoms with van der Waals surface area (Å²) in [5, 5.41) is 7.21. The van der Waals surface area contributed by atoms with E-state index < -0.39 is 0 Å². The summed E-state index contributed by atoms with van der Waals surface area (Å²) in [6.07, 6.45) is 31.7. The van der Waals surface area contributed by atoms with E-state index in [2.05, 4.69) is 86.8 Å². The number of thiazole rings is 2. The van der Waals surface area contributed by atoms with Crippen molar-refractivity contribution in [2.75, 3.05) is 0 Å². The number of furan rings is 1. The van der Waals surface area contributed by atoms with Gasteiger partial charge in [-0.05, 0) is 89.6 Å². The molecule has 11 aromatic heterocycles. The van der Waals surface area contributed by atoms with Crippen LogP contribution in [0.15, 0.2) is 300 Å². The number of nitrogens with one attached hydrogen (secondary N) is 2. The van der Waals surface area contributed by atoms with Crippen molar-refractivity contribution in [2.45, 2.75) is 89.1 Å². The van der Waals surface area contributed by atoms with Gasteiger partial charge < -0.3 is 18.8 Å². The molecule has 17 heteroatoms. The van der Waals surface area contributed by atoms with Crippen molar-refractivity contribution >= 4 is 66.2 Å². The Bertz CT molecular complexity index is 2530. The van der Waals surface area contributed by atoms with E-state index in [9.17, 15) is 0 Å². The SMILES string of the molecule is C.C.C.C.C.C.C.C.C.C.C.C.c1cc[nH]c1.c1ccc2[nH]cnc2c1.c1ccc2ncccc2c1.c1ccc2scnc2c1.c1ccncc1.c1ccoc1.c1ccsc1.c1cnccn1.c1cncnc1.c1cocn1.c1cscn1. The number of rotatable bonds is 0. The molecule has 0 aliphatic heterocycles. The van der Waals surface area contributed by atoms with Crippen LogP contribution >= 0.6 is 34.0 Å². The predicted octanol–water partition coefficient (Wildman–Crippen LogP) is 21.6. The zero-order valence-corrected chi connectivity index (χ0v) is 40.7.